The molecule has 0 heterocycles. The number of hydrogen-bond acceptors (Lipinski definition) is 2. The maximum Gasteiger partial charge on any atom is 0.129 e. The van der Waals surface area contributed by atoms with E-state index in [9.17, 15) is 9.50 Å². The van der Waals surface area contributed by atoms with Crippen LogP contribution in [-0.4, -0.2) is 18.2 Å². The molecule has 3 heteroatoms. The third-order valence-electron chi connectivity index (χ3n) is 2.17. The van der Waals surface area contributed by atoms with E-state index in [0.717, 1.165) is 6.54 Å². The minimum atomic E-state index is -1.15. The molecule has 1 atom stereocenters. The highest BCUT2D eigenvalue weighted by Gasteiger charge is 2.25. The van der Waals surface area contributed by atoms with Gasteiger partial charge in [0.25, 0.3) is 0 Å². The fraction of sp³-hybridized carbons (Fsp3) is 0.455. The van der Waals surface area contributed by atoms with Crippen molar-refractivity contribution >= 4 is 0 Å². The van der Waals surface area contributed by atoms with Crippen LogP contribution in [0.3, 0.4) is 0 Å². The highest BCUT2D eigenvalue weighted by atomic mass is 19.1. The van der Waals surface area contributed by atoms with Crippen molar-refractivity contribution in [3.8, 4) is 0 Å². The lowest BCUT2D eigenvalue weighted by atomic mass is 9.95. The predicted octanol–water partition coefficient (Wildman–Crippen LogP) is 1.64. The zero-order valence-corrected chi connectivity index (χ0v) is 8.55. The Morgan fingerprint density at radius 3 is 2.64 bits per heavy atom. The molecule has 2 nitrogen and oxygen atoms in total. The molecule has 0 amide bonds. The molecule has 78 valence electrons. The Labute approximate surface area is 83.8 Å². The topological polar surface area (TPSA) is 32.3 Å². The first-order chi connectivity index (χ1) is 6.58. The second-order valence-corrected chi connectivity index (χ2v) is 3.53. The number of aliphatic hydroxyl groups is 1. The van der Waals surface area contributed by atoms with Crippen LogP contribution in [0.4, 0.5) is 4.39 Å². The molecule has 0 saturated carbocycles. The van der Waals surface area contributed by atoms with Gasteiger partial charge in [-0.3, -0.25) is 0 Å². The monoisotopic (exact) mass is 197 g/mol. The molecule has 0 saturated heterocycles. The van der Waals surface area contributed by atoms with Gasteiger partial charge < -0.3 is 10.4 Å². The largest absolute Gasteiger partial charge is 0.384 e. The Morgan fingerprint density at radius 2 is 2.07 bits per heavy atom. The molecule has 2 N–H and O–H groups in total. The van der Waals surface area contributed by atoms with Crippen molar-refractivity contribution in [1.82, 2.24) is 5.32 Å². The molecule has 0 aliphatic rings. The van der Waals surface area contributed by atoms with Gasteiger partial charge in [0.05, 0.1) is 0 Å². The summed E-state index contributed by atoms with van der Waals surface area (Å²) in [5.41, 5.74) is -0.817. The number of halogens is 1. The van der Waals surface area contributed by atoms with Crippen molar-refractivity contribution in [3.63, 3.8) is 0 Å². The number of benzene rings is 1. The second-order valence-electron chi connectivity index (χ2n) is 3.53. The lowest BCUT2D eigenvalue weighted by Crippen LogP contribution is -2.36. The second kappa shape index (κ2) is 4.53. The van der Waals surface area contributed by atoms with E-state index >= 15 is 0 Å². The summed E-state index contributed by atoms with van der Waals surface area (Å²) in [7, 11) is 0. The Bertz CT molecular complexity index is 299. The first kappa shape index (κ1) is 11.1. The molecular formula is C11H16FNO. The van der Waals surface area contributed by atoms with Crippen LogP contribution in [0.1, 0.15) is 19.4 Å². The summed E-state index contributed by atoms with van der Waals surface area (Å²) in [6.07, 6.45) is 0. The van der Waals surface area contributed by atoms with Crippen LogP contribution < -0.4 is 5.32 Å². The standard InChI is InChI=1S/C11H16FNO/c1-3-13-8-11(2,14)9-6-4-5-7-10(9)12/h4-7,13-14H,3,8H2,1-2H3. The van der Waals surface area contributed by atoms with E-state index < -0.39 is 5.60 Å². The van der Waals surface area contributed by atoms with E-state index in [0.29, 0.717) is 12.1 Å². The summed E-state index contributed by atoms with van der Waals surface area (Å²) in [6.45, 7) is 4.65. The predicted molar refractivity (Wildman–Crippen MR) is 54.5 cm³/mol. The molecule has 1 aromatic rings. The van der Waals surface area contributed by atoms with Crippen molar-refractivity contribution in [2.45, 2.75) is 19.4 Å². The Morgan fingerprint density at radius 1 is 1.43 bits per heavy atom. The van der Waals surface area contributed by atoms with Crippen LogP contribution in [0.25, 0.3) is 0 Å². The molecule has 1 rings (SSSR count). The van der Waals surface area contributed by atoms with Crippen molar-refractivity contribution in [3.05, 3.63) is 35.6 Å². The first-order valence-electron chi connectivity index (χ1n) is 4.76. The van der Waals surface area contributed by atoms with Crippen LogP contribution in [0.2, 0.25) is 0 Å². The smallest absolute Gasteiger partial charge is 0.129 e. The van der Waals surface area contributed by atoms with Gasteiger partial charge in [-0.15, -0.1) is 0 Å². The third kappa shape index (κ3) is 2.53. The minimum absolute atomic E-state index is 0.334. The molecular weight excluding hydrogens is 181 g/mol. The summed E-state index contributed by atoms with van der Waals surface area (Å²) < 4.78 is 13.3. The molecule has 0 radical (unpaired) electrons. The molecule has 0 spiro atoms. The fourth-order valence-corrected chi connectivity index (χ4v) is 1.36. The molecule has 0 aliphatic carbocycles. The van der Waals surface area contributed by atoms with Crippen molar-refractivity contribution in [1.29, 1.82) is 0 Å². The van der Waals surface area contributed by atoms with Crippen molar-refractivity contribution < 1.29 is 9.50 Å². The van der Waals surface area contributed by atoms with Gasteiger partial charge in [-0.2, -0.15) is 0 Å². The third-order valence-corrected chi connectivity index (χ3v) is 2.17. The van der Waals surface area contributed by atoms with Crippen LogP contribution in [0, 0.1) is 5.82 Å². The van der Waals surface area contributed by atoms with E-state index in [1.807, 2.05) is 6.92 Å². The summed E-state index contributed by atoms with van der Waals surface area (Å²) in [6, 6.07) is 6.30. The fourth-order valence-electron chi connectivity index (χ4n) is 1.36. The van der Waals surface area contributed by atoms with E-state index in [-0.39, 0.29) is 5.82 Å². The molecule has 14 heavy (non-hydrogen) atoms. The van der Waals surface area contributed by atoms with E-state index in [4.69, 9.17) is 0 Å². The van der Waals surface area contributed by atoms with Crippen molar-refractivity contribution in [2.24, 2.45) is 0 Å². The summed E-state index contributed by atoms with van der Waals surface area (Å²) in [4.78, 5) is 0. The molecule has 0 aromatic heterocycles. The minimum Gasteiger partial charge on any atom is -0.384 e. The highest BCUT2D eigenvalue weighted by Crippen LogP contribution is 2.22. The maximum absolute atomic E-state index is 13.3. The normalized spacial score (nSPS) is 15.1. The Hall–Kier alpha value is -0.930. The Kier molecular flexibility index (Phi) is 3.61. The van der Waals surface area contributed by atoms with Gasteiger partial charge in [0, 0.05) is 12.1 Å². The highest BCUT2D eigenvalue weighted by molar-refractivity contribution is 5.23. The van der Waals surface area contributed by atoms with Crippen LogP contribution >= 0.6 is 0 Å². The average Bonchev–Trinajstić information content (AvgIpc) is 2.15. The zero-order valence-electron chi connectivity index (χ0n) is 8.55. The van der Waals surface area contributed by atoms with Gasteiger partial charge in [-0.25, -0.2) is 4.39 Å². The van der Waals surface area contributed by atoms with Crippen LogP contribution in [-0.2, 0) is 5.60 Å². The molecule has 0 fully saturated rings. The average molecular weight is 197 g/mol. The number of nitrogens with one attached hydrogen (secondary N) is 1. The molecule has 0 aliphatic heterocycles. The van der Waals surface area contributed by atoms with Gasteiger partial charge in [0.2, 0.25) is 0 Å². The lowest BCUT2D eigenvalue weighted by Gasteiger charge is -2.24. The Balaban J connectivity index is 2.86. The maximum atomic E-state index is 13.3. The molecule has 1 aromatic carbocycles. The first-order valence-corrected chi connectivity index (χ1v) is 4.76. The van der Waals surface area contributed by atoms with Crippen LogP contribution in [0.15, 0.2) is 24.3 Å². The van der Waals surface area contributed by atoms with Gasteiger partial charge in [0.1, 0.15) is 11.4 Å². The number of likely N-dealkylation sites (N-methyl/N-ethyl adjacent to an activating group) is 1. The lowest BCUT2D eigenvalue weighted by molar-refractivity contribution is 0.0539. The quantitative estimate of drug-likeness (QED) is 0.769. The summed E-state index contributed by atoms with van der Waals surface area (Å²) >= 11 is 0. The van der Waals surface area contributed by atoms with E-state index in [2.05, 4.69) is 5.32 Å². The van der Waals surface area contributed by atoms with Gasteiger partial charge >= 0.3 is 0 Å². The summed E-state index contributed by atoms with van der Waals surface area (Å²) in [5, 5.41) is 13.0. The number of rotatable bonds is 4. The van der Waals surface area contributed by atoms with E-state index in [1.165, 1.54) is 6.07 Å². The van der Waals surface area contributed by atoms with Gasteiger partial charge in [0.15, 0.2) is 0 Å². The van der Waals surface area contributed by atoms with Crippen molar-refractivity contribution in [2.75, 3.05) is 13.1 Å². The van der Waals surface area contributed by atoms with Crippen LogP contribution in [0.5, 0.6) is 0 Å². The molecule has 0 bridgehead atoms. The summed E-state index contributed by atoms with van der Waals surface area (Å²) in [5.74, 6) is -0.365. The van der Waals surface area contributed by atoms with Gasteiger partial charge in [-0.1, -0.05) is 25.1 Å². The molecule has 1 unspecified atom stereocenters. The SMILES string of the molecule is CCNCC(C)(O)c1ccccc1F. The van der Waals surface area contributed by atoms with E-state index in [1.54, 1.807) is 25.1 Å². The zero-order chi connectivity index (χ0) is 10.6. The van der Waals surface area contributed by atoms with Gasteiger partial charge in [-0.05, 0) is 19.5 Å². The number of hydrogen-bond donors (Lipinski definition) is 2.